The fourth-order valence-corrected chi connectivity index (χ4v) is 4.48. The lowest BCUT2D eigenvalue weighted by atomic mass is 9.74. The molecule has 1 heterocycles. The van der Waals surface area contributed by atoms with Crippen molar-refractivity contribution in [2.45, 2.75) is 33.3 Å². The molecule has 0 saturated heterocycles. The van der Waals surface area contributed by atoms with Crippen molar-refractivity contribution < 1.29 is 29.6 Å². The molecule has 0 radical (unpaired) electrons. The number of carbonyl (C=O) groups is 2. The predicted molar refractivity (Wildman–Crippen MR) is 114 cm³/mol. The van der Waals surface area contributed by atoms with E-state index >= 15 is 0 Å². The number of carboxylic acids is 1. The number of phenols is 2. The monoisotopic (exact) mass is 418 g/mol. The molecule has 1 aliphatic rings. The summed E-state index contributed by atoms with van der Waals surface area (Å²) in [5.41, 5.74) is 1.65. The van der Waals surface area contributed by atoms with Crippen LogP contribution in [0, 0.1) is 27.7 Å². The molecule has 0 atom stereocenters. The van der Waals surface area contributed by atoms with E-state index < -0.39 is 17.5 Å². The number of aryl methyl sites for hydroxylation is 2. The number of carbonyl (C=O) groups excluding carboxylic acids is 1. The van der Waals surface area contributed by atoms with Gasteiger partial charge in [-0.15, -0.1) is 0 Å². The summed E-state index contributed by atoms with van der Waals surface area (Å²) in [6.07, 6.45) is 0. The molecule has 31 heavy (non-hydrogen) atoms. The van der Waals surface area contributed by atoms with Gasteiger partial charge in [-0.2, -0.15) is 0 Å². The lowest BCUT2D eigenvalue weighted by Crippen LogP contribution is -2.33. The molecule has 0 amide bonds. The summed E-state index contributed by atoms with van der Waals surface area (Å²) < 4.78 is 6.01. The van der Waals surface area contributed by atoms with E-state index in [1.54, 1.807) is 52.0 Å². The van der Waals surface area contributed by atoms with Crippen molar-refractivity contribution >= 4 is 11.9 Å². The van der Waals surface area contributed by atoms with E-state index in [9.17, 15) is 24.9 Å². The third-order valence-corrected chi connectivity index (χ3v) is 6.14. The summed E-state index contributed by atoms with van der Waals surface area (Å²) in [6, 6.07) is 11.3. The van der Waals surface area contributed by atoms with E-state index in [0.29, 0.717) is 33.4 Å². The lowest BCUT2D eigenvalue weighted by molar-refractivity contribution is 0.0241. The van der Waals surface area contributed by atoms with Crippen LogP contribution < -0.4 is 0 Å². The minimum Gasteiger partial charge on any atom is -0.507 e. The van der Waals surface area contributed by atoms with Gasteiger partial charge in [0.05, 0.1) is 11.1 Å². The fraction of sp³-hybridized carbons (Fsp3) is 0.200. The minimum absolute atomic E-state index is 0.0307. The molecule has 0 bridgehead atoms. The molecule has 0 saturated carbocycles. The number of phenolic OH excluding ortho intramolecular Hbond substituents is 2. The number of rotatable bonds is 3. The Morgan fingerprint density at radius 3 is 1.84 bits per heavy atom. The molecule has 0 spiro atoms. The Morgan fingerprint density at radius 2 is 1.35 bits per heavy atom. The van der Waals surface area contributed by atoms with E-state index in [1.807, 2.05) is 0 Å². The first-order valence-corrected chi connectivity index (χ1v) is 9.80. The van der Waals surface area contributed by atoms with E-state index in [0.717, 1.165) is 0 Å². The number of benzene rings is 3. The third-order valence-electron chi connectivity index (χ3n) is 6.14. The van der Waals surface area contributed by atoms with E-state index in [4.69, 9.17) is 4.74 Å². The van der Waals surface area contributed by atoms with Crippen LogP contribution in [0.2, 0.25) is 0 Å². The van der Waals surface area contributed by atoms with Gasteiger partial charge in [-0.25, -0.2) is 9.59 Å². The Labute approximate surface area is 179 Å². The molecule has 0 aliphatic carbocycles. The summed E-state index contributed by atoms with van der Waals surface area (Å²) >= 11 is 0. The second-order valence-corrected chi connectivity index (χ2v) is 7.91. The number of esters is 1. The van der Waals surface area contributed by atoms with Gasteiger partial charge in [0.25, 0.3) is 0 Å². The number of cyclic esters (lactones) is 1. The van der Waals surface area contributed by atoms with Crippen molar-refractivity contribution in [2.75, 3.05) is 0 Å². The second-order valence-electron chi connectivity index (χ2n) is 7.91. The highest BCUT2D eigenvalue weighted by Gasteiger charge is 2.52. The Morgan fingerprint density at radius 1 is 0.839 bits per heavy atom. The van der Waals surface area contributed by atoms with Gasteiger partial charge < -0.3 is 20.1 Å². The van der Waals surface area contributed by atoms with Gasteiger partial charge in [0.1, 0.15) is 11.5 Å². The van der Waals surface area contributed by atoms with Crippen molar-refractivity contribution in [1.82, 2.24) is 0 Å². The van der Waals surface area contributed by atoms with Crippen molar-refractivity contribution in [3.05, 3.63) is 92.5 Å². The maximum absolute atomic E-state index is 13.0. The average Bonchev–Trinajstić information content (AvgIpc) is 3.03. The van der Waals surface area contributed by atoms with Crippen LogP contribution in [0.5, 0.6) is 11.5 Å². The number of hydrogen-bond donors (Lipinski definition) is 3. The topological polar surface area (TPSA) is 104 Å². The van der Waals surface area contributed by atoms with Gasteiger partial charge in [-0.05, 0) is 62.1 Å². The standard InChI is InChI=1S/C25H22O6/c1-12-8-10-18(14(3)21(12)26)25(19-11-9-13(2)22(27)15(19)4)20-16(23(28)29)6-5-7-17(20)24(30)31-25/h5-11,26-27H,1-4H3,(H,28,29). The van der Waals surface area contributed by atoms with Crippen molar-refractivity contribution in [3.63, 3.8) is 0 Å². The Balaban J connectivity index is 2.24. The van der Waals surface area contributed by atoms with E-state index in [1.165, 1.54) is 18.2 Å². The quantitative estimate of drug-likeness (QED) is 0.542. The zero-order chi connectivity index (χ0) is 22.7. The van der Waals surface area contributed by atoms with Crippen LogP contribution in [0.25, 0.3) is 0 Å². The predicted octanol–water partition coefficient (Wildman–Crippen LogP) is 4.49. The SMILES string of the molecule is Cc1ccc(C2(c3ccc(C)c(O)c3C)OC(=O)c3cccc(C(=O)O)c32)c(C)c1O. The smallest absolute Gasteiger partial charge is 0.340 e. The van der Waals surface area contributed by atoms with Crippen molar-refractivity contribution in [2.24, 2.45) is 0 Å². The fourth-order valence-electron chi connectivity index (χ4n) is 4.48. The van der Waals surface area contributed by atoms with Crippen LogP contribution in [0.4, 0.5) is 0 Å². The van der Waals surface area contributed by atoms with Crippen LogP contribution in [0.3, 0.4) is 0 Å². The summed E-state index contributed by atoms with van der Waals surface area (Å²) in [4.78, 5) is 25.2. The molecule has 3 aromatic rings. The highest BCUT2D eigenvalue weighted by molar-refractivity contribution is 6.02. The zero-order valence-electron chi connectivity index (χ0n) is 17.6. The van der Waals surface area contributed by atoms with Crippen molar-refractivity contribution in [1.29, 1.82) is 0 Å². The average molecular weight is 418 g/mol. The molecule has 6 heteroatoms. The first-order chi connectivity index (χ1) is 14.6. The van der Waals surface area contributed by atoms with Crippen LogP contribution in [-0.2, 0) is 10.3 Å². The molecule has 3 aromatic carbocycles. The number of fused-ring (bicyclic) bond motifs is 1. The van der Waals surface area contributed by atoms with E-state index in [-0.39, 0.29) is 28.2 Å². The van der Waals surface area contributed by atoms with Crippen molar-refractivity contribution in [3.8, 4) is 11.5 Å². The van der Waals surface area contributed by atoms with Crippen LogP contribution in [0.1, 0.15) is 59.7 Å². The maximum atomic E-state index is 13.0. The molecular weight excluding hydrogens is 396 g/mol. The van der Waals surface area contributed by atoms with Gasteiger partial charge in [0, 0.05) is 16.7 Å². The number of aromatic carboxylic acids is 1. The molecule has 1 aliphatic heterocycles. The maximum Gasteiger partial charge on any atom is 0.340 e. The van der Waals surface area contributed by atoms with Crippen LogP contribution in [-0.4, -0.2) is 27.3 Å². The number of ether oxygens (including phenoxy) is 1. The van der Waals surface area contributed by atoms with Gasteiger partial charge in [0.15, 0.2) is 5.60 Å². The zero-order valence-corrected chi connectivity index (χ0v) is 17.6. The molecule has 3 N–H and O–H groups in total. The molecule has 0 fully saturated rings. The second kappa shape index (κ2) is 6.87. The minimum atomic E-state index is -1.65. The van der Waals surface area contributed by atoms with Gasteiger partial charge >= 0.3 is 11.9 Å². The normalized spacial score (nSPS) is 14.3. The summed E-state index contributed by atoms with van der Waals surface area (Å²) in [7, 11) is 0. The van der Waals surface area contributed by atoms with Crippen LogP contribution in [0.15, 0.2) is 42.5 Å². The molecule has 6 nitrogen and oxygen atoms in total. The number of carboxylic acid groups (broad SMARTS) is 1. The van der Waals surface area contributed by atoms with Gasteiger partial charge in [-0.3, -0.25) is 0 Å². The highest BCUT2D eigenvalue weighted by Crippen LogP contribution is 2.52. The lowest BCUT2D eigenvalue weighted by Gasteiger charge is -2.34. The molecule has 158 valence electrons. The van der Waals surface area contributed by atoms with Gasteiger partial charge in [0.2, 0.25) is 0 Å². The largest absolute Gasteiger partial charge is 0.507 e. The first-order valence-electron chi connectivity index (χ1n) is 9.80. The molecular formula is C25H22O6. The molecule has 0 unspecified atom stereocenters. The number of hydrogen-bond acceptors (Lipinski definition) is 5. The number of aromatic hydroxyl groups is 2. The summed E-state index contributed by atoms with van der Waals surface area (Å²) in [5.74, 6) is -1.81. The third kappa shape index (κ3) is 2.71. The Bertz CT molecular complexity index is 1210. The molecule has 0 aromatic heterocycles. The van der Waals surface area contributed by atoms with E-state index in [2.05, 4.69) is 0 Å². The van der Waals surface area contributed by atoms with Crippen LogP contribution >= 0.6 is 0 Å². The van der Waals surface area contributed by atoms with Gasteiger partial charge in [-0.1, -0.05) is 30.3 Å². The Hall–Kier alpha value is -3.80. The molecule has 4 rings (SSSR count). The summed E-state index contributed by atoms with van der Waals surface area (Å²) in [5, 5.41) is 31.3. The first kappa shape index (κ1) is 20.5. The summed E-state index contributed by atoms with van der Waals surface area (Å²) in [6.45, 7) is 6.88. The Kier molecular flexibility index (Phi) is 4.54. The highest BCUT2D eigenvalue weighted by atomic mass is 16.6.